The highest BCUT2D eigenvalue weighted by Crippen LogP contribution is 2.15. The highest BCUT2D eigenvalue weighted by Gasteiger charge is 2.05. The Labute approximate surface area is 106 Å². The van der Waals surface area contributed by atoms with Crippen molar-refractivity contribution >= 4 is 5.95 Å². The van der Waals surface area contributed by atoms with Crippen LogP contribution in [-0.2, 0) is 0 Å². The Morgan fingerprint density at radius 1 is 1.22 bits per heavy atom. The molecule has 0 fully saturated rings. The van der Waals surface area contributed by atoms with Crippen LogP contribution in [0, 0.1) is 11.3 Å². The Bertz CT molecular complexity index is 530. The van der Waals surface area contributed by atoms with Gasteiger partial charge in [-0.3, -0.25) is 4.98 Å². The van der Waals surface area contributed by atoms with E-state index in [1.54, 1.807) is 18.6 Å². The lowest BCUT2D eigenvalue weighted by atomic mass is 10.2. The molecule has 18 heavy (non-hydrogen) atoms. The monoisotopic (exact) mass is 239 g/mol. The first-order valence-corrected chi connectivity index (χ1v) is 5.63. The van der Waals surface area contributed by atoms with Crippen LogP contribution in [0.1, 0.15) is 6.42 Å². The average molecular weight is 239 g/mol. The molecule has 5 nitrogen and oxygen atoms in total. The molecule has 0 aromatic carbocycles. The van der Waals surface area contributed by atoms with Crippen LogP contribution in [0.3, 0.4) is 0 Å². The van der Waals surface area contributed by atoms with E-state index in [9.17, 15) is 0 Å². The minimum atomic E-state index is 0.460. The van der Waals surface area contributed by atoms with Crippen molar-refractivity contribution < 1.29 is 0 Å². The first kappa shape index (κ1) is 12.0. The van der Waals surface area contributed by atoms with E-state index in [1.165, 1.54) is 0 Å². The molecule has 0 saturated carbocycles. The molecule has 90 valence electrons. The van der Waals surface area contributed by atoms with Gasteiger partial charge in [0.2, 0.25) is 5.95 Å². The SMILES string of the molecule is CN(CCC#N)c1ncc(-c2ccccn2)cn1. The zero-order valence-corrected chi connectivity index (χ0v) is 10.1. The summed E-state index contributed by atoms with van der Waals surface area (Å²) in [5, 5.41) is 8.53. The van der Waals surface area contributed by atoms with Gasteiger partial charge in [-0.25, -0.2) is 9.97 Å². The van der Waals surface area contributed by atoms with E-state index in [2.05, 4.69) is 21.0 Å². The maximum Gasteiger partial charge on any atom is 0.225 e. The van der Waals surface area contributed by atoms with E-state index in [0.717, 1.165) is 11.3 Å². The minimum Gasteiger partial charge on any atom is -0.343 e. The lowest BCUT2D eigenvalue weighted by Gasteiger charge is -2.14. The van der Waals surface area contributed by atoms with Crippen LogP contribution < -0.4 is 4.90 Å². The zero-order valence-electron chi connectivity index (χ0n) is 10.1. The van der Waals surface area contributed by atoms with E-state index < -0.39 is 0 Å². The number of pyridine rings is 1. The predicted octanol–water partition coefficient (Wildman–Crippen LogP) is 1.89. The molecular formula is C13H13N5. The van der Waals surface area contributed by atoms with Crippen molar-refractivity contribution in [3.8, 4) is 17.3 Å². The maximum atomic E-state index is 8.53. The first-order chi connectivity index (χ1) is 8.81. The number of aromatic nitrogens is 3. The fraction of sp³-hybridized carbons (Fsp3) is 0.231. The Balaban J connectivity index is 2.13. The van der Waals surface area contributed by atoms with Crippen molar-refractivity contribution in [3.05, 3.63) is 36.8 Å². The van der Waals surface area contributed by atoms with Gasteiger partial charge in [-0.2, -0.15) is 5.26 Å². The lowest BCUT2D eigenvalue weighted by molar-refractivity contribution is 0.858. The quantitative estimate of drug-likeness (QED) is 0.815. The molecule has 0 aliphatic heterocycles. The van der Waals surface area contributed by atoms with Crippen LogP contribution in [0.25, 0.3) is 11.3 Å². The maximum absolute atomic E-state index is 8.53. The van der Waals surface area contributed by atoms with Crippen LogP contribution in [0.2, 0.25) is 0 Å². The summed E-state index contributed by atoms with van der Waals surface area (Å²) < 4.78 is 0. The molecule has 0 saturated heterocycles. The van der Waals surface area contributed by atoms with Gasteiger partial charge in [0, 0.05) is 37.7 Å². The molecule has 2 aromatic heterocycles. The van der Waals surface area contributed by atoms with Gasteiger partial charge in [0.1, 0.15) is 0 Å². The topological polar surface area (TPSA) is 65.7 Å². The number of nitrogens with zero attached hydrogens (tertiary/aromatic N) is 5. The summed E-state index contributed by atoms with van der Waals surface area (Å²) in [6, 6.07) is 7.81. The number of anilines is 1. The summed E-state index contributed by atoms with van der Waals surface area (Å²) >= 11 is 0. The summed E-state index contributed by atoms with van der Waals surface area (Å²) in [6.45, 7) is 0.624. The third kappa shape index (κ3) is 2.80. The highest BCUT2D eigenvalue weighted by molar-refractivity contribution is 5.56. The van der Waals surface area contributed by atoms with E-state index in [-0.39, 0.29) is 0 Å². The van der Waals surface area contributed by atoms with Crippen molar-refractivity contribution in [1.29, 1.82) is 5.26 Å². The highest BCUT2D eigenvalue weighted by atomic mass is 15.2. The molecule has 5 heteroatoms. The van der Waals surface area contributed by atoms with Crippen LogP contribution in [-0.4, -0.2) is 28.5 Å². The van der Waals surface area contributed by atoms with Crippen molar-refractivity contribution in [2.24, 2.45) is 0 Å². The van der Waals surface area contributed by atoms with Crippen LogP contribution in [0.4, 0.5) is 5.95 Å². The molecule has 0 atom stereocenters. The molecule has 0 unspecified atom stereocenters. The molecule has 0 radical (unpaired) electrons. The number of hydrogen-bond acceptors (Lipinski definition) is 5. The summed E-state index contributed by atoms with van der Waals surface area (Å²) in [7, 11) is 1.87. The third-order valence-corrected chi connectivity index (χ3v) is 2.50. The van der Waals surface area contributed by atoms with E-state index in [1.807, 2.05) is 30.1 Å². The van der Waals surface area contributed by atoms with Crippen molar-refractivity contribution in [2.75, 3.05) is 18.5 Å². The lowest BCUT2D eigenvalue weighted by Crippen LogP contribution is -2.20. The molecule has 2 heterocycles. The Morgan fingerprint density at radius 2 is 2.00 bits per heavy atom. The number of hydrogen-bond donors (Lipinski definition) is 0. The molecule has 0 N–H and O–H groups in total. The Hall–Kier alpha value is -2.48. The van der Waals surface area contributed by atoms with Gasteiger partial charge in [-0.1, -0.05) is 6.07 Å². The molecule has 0 bridgehead atoms. The molecular weight excluding hydrogens is 226 g/mol. The minimum absolute atomic E-state index is 0.460. The van der Waals surface area contributed by atoms with Crippen molar-refractivity contribution in [1.82, 2.24) is 15.0 Å². The summed E-state index contributed by atoms with van der Waals surface area (Å²) in [4.78, 5) is 14.6. The Morgan fingerprint density at radius 3 is 2.61 bits per heavy atom. The van der Waals surface area contributed by atoms with Gasteiger partial charge in [-0.15, -0.1) is 0 Å². The summed E-state index contributed by atoms with van der Waals surface area (Å²) in [6.07, 6.45) is 5.69. The van der Waals surface area contributed by atoms with Gasteiger partial charge in [-0.05, 0) is 12.1 Å². The van der Waals surface area contributed by atoms with Crippen LogP contribution in [0.15, 0.2) is 36.8 Å². The smallest absolute Gasteiger partial charge is 0.225 e. The first-order valence-electron chi connectivity index (χ1n) is 5.63. The third-order valence-electron chi connectivity index (χ3n) is 2.50. The zero-order chi connectivity index (χ0) is 12.8. The number of nitriles is 1. The molecule has 2 aromatic rings. The fourth-order valence-electron chi connectivity index (χ4n) is 1.50. The van der Waals surface area contributed by atoms with Crippen molar-refractivity contribution in [2.45, 2.75) is 6.42 Å². The number of rotatable bonds is 4. The Kier molecular flexibility index (Phi) is 3.82. The summed E-state index contributed by atoms with van der Waals surface area (Å²) in [5.74, 6) is 0.616. The second-order valence-electron chi connectivity index (χ2n) is 3.82. The average Bonchev–Trinajstić information content (AvgIpc) is 2.46. The molecule has 2 rings (SSSR count). The van der Waals surface area contributed by atoms with Crippen molar-refractivity contribution in [3.63, 3.8) is 0 Å². The molecule has 0 aliphatic carbocycles. The van der Waals surface area contributed by atoms with Gasteiger partial charge < -0.3 is 4.90 Å². The van der Waals surface area contributed by atoms with Gasteiger partial charge >= 0.3 is 0 Å². The molecule has 0 spiro atoms. The normalized spacial score (nSPS) is 9.78. The van der Waals surface area contributed by atoms with Gasteiger partial charge in [0.05, 0.1) is 18.2 Å². The van der Waals surface area contributed by atoms with Gasteiger partial charge in [0.25, 0.3) is 0 Å². The van der Waals surface area contributed by atoms with Gasteiger partial charge in [0.15, 0.2) is 0 Å². The second kappa shape index (κ2) is 5.73. The van der Waals surface area contributed by atoms with Crippen LogP contribution >= 0.6 is 0 Å². The van der Waals surface area contributed by atoms with E-state index in [0.29, 0.717) is 18.9 Å². The van der Waals surface area contributed by atoms with Crippen LogP contribution in [0.5, 0.6) is 0 Å². The molecule has 0 amide bonds. The largest absolute Gasteiger partial charge is 0.343 e. The van der Waals surface area contributed by atoms with E-state index >= 15 is 0 Å². The predicted molar refractivity (Wildman–Crippen MR) is 68.8 cm³/mol. The fourth-order valence-corrected chi connectivity index (χ4v) is 1.50. The second-order valence-corrected chi connectivity index (χ2v) is 3.82. The summed E-state index contributed by atoms with van der Waals surface area (Å²) in [5.41, 5.74) is 1.73. The van der Waals surface area contributed by atoms with E-state index in [4.69, 9.17) is 5.26 Å². The standard InChI is InChI=1S/C13H13N5/c1-18(8-4-6-14)13-16-9-11(10-17-13)12-5-2-3-7-15-12/h2-3,5,7,9-10H,4,8H2,1H3. The molecule has 0 aliphatic rings.